The summed E-state index contributed by atoms with van der Waals surface area (Å²) >= 11 is 1.68. The van der Waals surface area contributed by atoms with E-state index in [1.54, 1.807) is 16.8 Å². The fourth-order valence-electron chi connectivity index (χ4n) is 3.03. The zero-order chi connectivity index (χ0) is 17.9. The molecule has 3 rings (SSSR count). The highest BCUT2D eigenvalue weighted by Gasteiger charge is 2.37. The molecule has 1 amide bonds. The van der Waals surface area contributed by atoms with Gasteiger partial charge >= 0.3 is 0 Å². The Kier molecular flexibility index (Phi) is 5.20. The van der Waals surface area contributed by atoms with Crippen LogP contribution < -0.4 is 5.48 Å². The molecule has 1 aromatic carbocycles. The molecular weight excluding hydrogens is 336 g/mol. The maximum absolute atomic E-state index is 11.9. The van der Waals surface area contributed by atoms with Gasteiger partial charge in [0, 0.05) is 12.8 Å². The summed E-state index contributed by atoms with van der Waals surface area (Å²) in [4.78, 5) is 17.4. The smallest absolute Gasteiger partial charge is 0.249 e. The van der Waals surface area contributed by atoms with Crippen LogP contribution in [0, 0.1) is 5.41 Å². The maximum atomic E-state index is 11.9. The lowest BCUT2D eigenvalue weighted by molar-refractivity contribution is -0.141. The quantitative estimate of drug-likeness (QED) is 0.600. The maximum Gasteiger partial charge on any atom is 0.249 e. The number of nitrogens with zero attached hydrogens (tertiary/aromatic N) is 1. The second kappa shape index (κ2) is 7.37. The molecule has 0 aliphatic carbocycles. The average molecular weight is 358 g/mol. The van der Waals surface area contributed by atoms with Crippen LogP contribution in [0.4, 0.5) is 0 Å². The molecular formula is C19H22N2O3S. The van der Waals surface area contributed by atoms with Gasteiger partial charge in [0.15, 0.2) is 0 Å². The van der Waals surface area contributed by atoms with E-state index < -0.39 is 5.41 Å². The monoisotopic (exact) mass is 358 g/mol. The number of benzene rings is 1. The first-order valence-corrected chi connectivity index (χ1v) is 9.30. The van der Waals surface area contributed by atoms with E-state index in [1.165, 1.54) is 11.1 Å². The van der Waals surface area contributed by atoms with Gasteiger partial charge in [0.1, 0.15) is 6.10 Å². The minimum atomic E-state index is -0.673. The van der Waals surface area contributed by atoms with Crippen molar-refractivity contribution < 1.29 is 14.8 Å². The van der Waals surface area contributed by atoms with Crippen LogP contribution in [0.2, 0.25) is 0 Å². The van der Waals surface area contributed by atoms with Gasteiger partial charge < -0.3 is 4.84 Å². The number of oxime groups is 1. The van der Waals surface area contributed by atoms with E-state index >= 15 is 0 Å². The normalized spacial score (nSPS) is 19.0. The summed E-state index contributed by atoms with van der Waals surface area (Å²) in [5.41, 5.74) is 5.41. The number of nitrogens with one attached hydrogen (secondary N) is 1. The minimum absolute atomic E-state index is 0.159. The molecule has 1 aromatic heterocycles. The molecule has 2 aromatic rings. The minimum Gasteiger partial charge on any atom is -0.392 e. The lowest BCUT2D eigenvalue weighted by Gasteiger charge is -2.27. The van der Waals surface area contributed by atoms with Crippen LogP contribution in [-0.2, 0) is 9.63 Å². The number of hydroxylamine groups is 1. The van der Waals surface area contributed by atoms with Crippen LogP contribution in [0.5, 0.6) is 0 Å². The lowest BCUT2D eigenvalue weighted by atomic mass is 9.80. The largest absolute Gasteiger partial charge is 0.392 e. The molecule has 0 saturated carbocycles. The first kappa shape index (κ1) is 17.6. The predicted molar refractivity (Wildman–Crippen MR) is 98.7 cm³/mol. The third kappa shape index (κ3) is 3.75. The second-order valence-corrected chi connectivity index (χ2v) is 7.40. The average Bonchev–Trinajstić information content (AvgIpc) is 3.33. The van der Waals surface area contributed by atoms with Crippen molar-refractivity contribution in [3.63, 3.8) is 0 Å². The van der Waals surface area contributed by atoms with Gasteiger partial charge in [-0.25, -0.2) is 5.48 Å². The van der Waals surface area contributed by atoms with Gasteiger partial charge in [0.2, 0.25) is 5.91 Å². The van der Waals surface area contributed by atoms with Crippen LogP contribution in [0.1, 0.15) is 38.7 Å². The molecule has 2 N–H and O–H groups in total. The van der Waals surface area contributed by atoms with E-state index in [1.807, 2.05) is 13.8 Å². The Bertz CT molecular complexity index is 755. The second-order valence-electron chi connectivity index (χ2n) is 6.62. The molecule has 132 valence electrons. The van der Waals surface area contributed by atoms with Crippen molar-refractivity contribution in [2.24, 2.45) is 10.6 Å². The number of rotatable bonds is 6. The third-order valence-corrected chi connectivity index (χ3v) is 5.60. The summed E-state index contributed by atoms with van der Waals surface area (Å²) in [5.74, 6) is -0.382. The van der Waals surface area contributed by atoms with Gasteiger partial charge in [0.05, 0.1) is 11.1 Å². The number of amides is 1. The Hall–Kier alpha value is -2.18. The molecule has 5 nitrogen and oxygen atoms in total. The molecule has 0 unspecified atom stereocenters. The molecule has 2 atom stereocenters. The van der Waals surface area contributed by atoms with E-state index in [9.17, 15) is 4.79 Å². The Labute approximate surface area is 151 Å². The SMILES string of the molecule is CC[C@](C)(C[C@H]1CC(c2ccc(-c3ccsc3)cc2)=NO1)C(=O)NO. The van der Waals surface area contributed by atoms with E-state index in [2.05, 4.69) is 46.2 Å². The van der Waals surface area contributed by atoms with Gasteiger partial charge in [-0.1, -0.05) is 43.3 Å². The van der Waals surface area contributed by atoms with E-state index in [4.69, 9.17) is 10.0 Å². The topological polar surface area (TPSA) is 70.9 Å². The Balaban J connectivity index is 1.65. The van der Waals surface area contributed by atoms with Crippen molar-refractivity contribution in [1.29, 1.82) is 0 Å². The van der Waals surface area contributed by atoms with Gasteiger partial charge in [-0.15, -0.1) is 0 Å². The van der Waals surface area contributed by atoms with Gasteiger partial charge in [0.25, 0.3) is 0 Å². The zero-order valence-electron chi connectivity index (χ0n) is 14.4. The molecule has 2 heterocycles. The standard InChI is InChI=1S/C19H22N2O3S/c1-3-19(2,18(22)20-23)11-16-10-17(21-24-16)14-6-4-13(5-7-14)15-8-9-25-12-15/h4-9,12,16,23H,3,10-11H2,1-2H3,(H,20,22)/t16-,19-/m1/s1. The van der Waals surface area contributed by atoms with Gasteiger partial charge in [-0.05, 0) is 39.9 Å². The molecule has 0 radical (unpaired) electrons. The van der Waals surface area contributed by atoms with Crippen LogP contribution >= 0.6 is 11.3 Å². The summed E-state index contributed by atoms with van der Waals surface area (Å²) in [6, 6.07) is 10.4. The summed E-state index contributed by atoms with van der Waals surface area (Å²) in [5, 5.41) is 17.3. The van der Waals surface area contributed by atoms with E-state index in [-0.39, 0.29) is 12.0 Å². The van der Waals surface area contributed by atoms with Gasteiger partial charge in [-0.3, -0.25) is 10.0 Å². The third-order valence-electron chi connectivity index (χ3n) is 4.91. The summed E-state index contributed by atoms with van der Waals surface area (Å²) in [6.07, 6.45) is 1.63. The fraction of sp³-hybridized carbons (Fsp3) is 0.368. The van der Waals surface area contributed by atoms with E-state index in [0.29, 0.717) is 19.3 Å². The zero-order valence-corrected chi connectivity index (χ0v) is 15.2. The Morgan fingerprint density at radius 3 is 2.64 bits per heavy atom. The number of hydrogen-bond acceptors (Lipinski definition) is 5. The van der Waals surface area contributed by atoms with Crippen LogP contribution in [0.3, 0.4) is 0 Å². The van der Waals surface area contributed by atoms with E-state index in [0.717, 1.165) is 11.3 Å². The predicted octanol–water partition coefficient (Wildman–Crippen LogP) is 4.22. The first-order valence-electron chi connectivity index (χ1n) is 8.36. The Morgan fingerprint density at radius 2 is 2.04 bits per heavy atom. The molecule has 0 saturated heterocycles. The van der Waals surface area contributed by atoms with Crippen molar-refractivity contribution >= 4 is 23.0 Å². The molecule has 25 heavy (non-hydrogen) atoms. The van der Waals surface area contributed by atoms with Gasteiger partial charge in [-0.2, -0.15) is 11.3 Å². The summed E-state index contributed by atoms with van der Waals surface area (Å²) < 4.78 is 0. The number of carbonyl (C=O) groups is 1. The lowest BCUT2D eigenvalue weighted by Crippen LogP contribution is -2.39. The highest BCUT2D eigenvalue weighted by molar-refractivity contribution is 7.08. The molecule has 0 fully saturated rings. The van der Waals surface area contributed by atoms with Crippen LogP contribution in [0.15, 0.2) is 46.2 Å². The first-order chi connectivity index (χ1) is 12.1. The highest BCUT2D eigenvalue weighted by Crippen LogP contribution is 2.33. The van der Waals surface area contributed by atoms with Crippen LogP contribution in [-0.4, -0.2) is 22.9 Å². The van der Waals surface area contributed by atoms with Crippen molar-refractivity contribution in [1.82, 2.24) is 5.48 Å². The molecule has 1 aliphatic heterocycles. The summed E-state index contributed by atoms with van der Waals surface area (Å²) in [6.45, 7) is 3.75. The van der Waals surface area contributed by atoms with Crippen LogP contribution in [0.25, 0.3) is 11.1 Å². The highest BCUT2D eigenvalue weighted by atomic mass is 32.1. The number of hydrogen-bond donors (Lipinski definition) is 2. The number of thiophene rings is 1. The Morgan fingerprint density at radius 1 is 1.32 bits per heavy atom. The summed E-state index contributed by atoms with van der Waals surface area (Å²) in [7, 11) is 0. The van der Waals surface area contributed by atoms with Crippen molar-refractivity contribution in [3.8, 4) is 11.1 Å². The molecule has 6 heteroatoms. The van der Waals surface area contributed by atoms with Crippen molar-refractivity contribution in [3.05, 3.63) is 46.7 Å². The molecule has 1 aliphatic rings. The molecule has 0 spiro atoms. The number of carbonyl (C=O) groups excluding carboxylic acids is 1. The molecule has 0 bridgehead atoms. The van der Waals surface area contributed by atoms with Crippen molar-refractivity contribution in [2.45, 2.75) is 39.2 Å². The fourth-order valence-corrected chi connectivity index (χ4v) is 3.69. The van der Waals surface area contributed by atoms with Crippen molar-refractivity contribution in [2.75, 3.05) is 0 Å².